The van der Waals surface area contributed by atoms with Crippen molar-refractivity contribution >= 4 is 21.8 Å². The number of ether oxygens (including phenoxy) is 3. The molecule has 0 saturated carbocycles. The number of aromatic nitrogens is 1. The van der Waals surface area contributed by atoms with E-state index in [1.54, 1.807) is 14.2 Å². The predicted molar refractivity (Wildman–Crippen MR) is 111 cm³/mol. The second-order valence-corrected chi connectivity index (χ2v) is 6.77. The minimum atomic E-state index is 0.690. The Balaban J connectivity index is 1.95. The molecule has 4 nitrogen and oxygen atoms in total. The molecule has 1 aromatic heterocycles. The summed E-state index contributed by atoms with van der Waals surface area (Å²) >= 11 is 0. The van der Waals surface area contributed by atoms with Gasteiger partial charge in [-0.3, -0.25) is 0 Å². The van der Waals surface area contributed by atoms with E-state index in [0.717, 1.165) is 45.5 Å². The average molecular weight is 367 g/mol. The fourth-order valence-corrected chi connectivity index (χ4v) is 3.44. The first-order chi connectivity index (χ1) is 13.3. The molecule has 27 heavy (non-hydrogen) atoms. The highest BCUT2D eigenvalue weighted by Gasteiger charge is 2.17. The highest BCUT2D eigenvalue weighted by atomic mass is 16.5. The lowest BCUT2D eigenvalue weighted by Gasteiger charge is -2.16. The number of nitrogens with zero attached hydrogens (tertiary/aromatic N) is 1. The van der Waals surface area contributed by atoms with Crippen molar-refractivity contribution in [3.05, 3.63) is 36.4 Å². The van der Waals surface area contributed by atoms with Crippen molar-refractivity contribution in [1.29, 1.82) is 0 Å². The van der Waals surface area contributed by atoms with E-state index in [9.17, 15) is 0 Å². The summed E-state index contributed by atoms with van der Waals surface area (Å²) in [5.41, 5.74) is 1.67. The van der Waals surface area contributed by atoms with Gasteiger partial charge in [-0.25, -0.2) is 4.98 Å². The Bertz CT molecular complexity index is 892. The minimum absolute atomic E-state index is 0.690. The summed E-state index contributed by atoms with van der Waals surface area (Å²) in [6.45, 7) is 2.93. The summed E-state index contributed by atoms with van der Waals surface area (Å²) in [6, 6.07) is 11.9. The largest absolute Gasteiger partial charge is 0.496 e. The fraction of sp³-hybridized carbons (Fsp3) is 0.435. The number of pyridine rings is 1. The molecule has 0 N–H and O–H groups in total. The zero-order valence-corrected chi connectivity index (χ0v) is 16.6. The summed E-state index contributed by atoms with van der Waals surface area (Å²) in [7, 11) is 3.34. The Labute approximate surface area is 161 Å². The van der Waals surface area contributed by atoms with Crippen molar-refractivity contribution in [1.82, 2.24) is 4.98 Å². The van der Waals surface area contributed by atoms with Crippen LogP contribution in [0.2, 0.25) is 0 Å². The van der Waals surface area contributed by atoms with Gasteiger partial charge in [0.1, 0.15) is 22.8 Å². The van der Waals surface area contributed by atoms with Gasteiger partial charge in [0, 0.05) is 5.39 Å². The quantitative estimate of drug-likeness (QED) is 0.318. The van der Waals surface area contributed by atoms with Crippen LogP contribution in [-0.2, 0) is 0 Å². The van der Waals surface area contributed by atoms with Crippen LogP contribution >= 0.6 is 0 Å². The molecule has 3 aromatic rings. The van der Waals surface area contributed by atoms with Gasteiger partial charge in [0.25, 0.3) is 0 Å². The zero-order chi connectivity index (χ0) is 19.1. The van der Waals surface area contributed by atoms with Crippen LogP contribution in [0.5, 0.6) is 17.2 Å². The van der Waals surface area contributed by atoms with E-state index in [1.807, 2.05) is 30.3 Å². The van der Waals surface area contributed by atoms with Gasteiger partial charge in [0.2, 0.25) is 0 Å². The standard InChI is InChI=1S/C23H29NO3/c1-4-5-6-7-8-11-16-27-23-17-12-9-10-13-18(17)24-22-20(26-3)15-14-19(25-2)21(22)23/h9-10,12-15H,4-8,11,16H2,1-3H3. The summed E-state index contributed by atoms with van der Waals surface area (Å²) in [5, 5.41) is 1.88. The first-order valence-corrected chi connectivity index (χ1v) is 9.86. The minimum Gasteiger partial charge on any atom is -0.496 e. The van der Waals surface area contributed by atoms with Crippen LogP contribution in [-0.4, -0.2) is 25.8 Å². The van der Waals surface area contributed by atoms with Gasteiger partial charge in [-0.2, -0.15) is 0 Å². The lowest BCUT2D eigenvalue weighted by Crippen LogP contribution is -2.01. The van der Waals surface area contributed by atoms with Gasteiger partial charge in [0.05, 0.1) is 31.7 Å². The van der Waals surface area contributed by atoms with Crippen molar-refractivity contribution in [2.75, 3.05) is 20.8 Å². The molecule has 4 heteroatoms. The second kappa shape index (κ2) is 9.45. The topological polar surface area (TPSA) is 40.6 Å². The van der Waals surface area contributed by atoms with Crippen LogP contribution in [0.4, 0.5) is 0 Å². The maximum Gasteiger partial charge on any atom is 0.145 e. The third-order valence-electron chi connectivity index (χ3n) is 4.89. The highest BCUT2D eigenvalue weighted by Crippen LogP contribution is 2.42. The van der Waals surface area contributed by atoms with Crippen LogP contribution in [0.1, 0.15) is 45.4 Å². The molecule has 0 aliphatic carbocycles. The van der Waals surface area contributed by atoms with Gasteiger partial charge < -0.3 is 14.2 Å². The Morgan fingerprint density at radius 2 is 1.52 bits per heavy atom. The third kappa shape index (κ3) is 4.26. The number of fused-ring (bicyclic) bond motifs is 2. The molecule has 0 spiro atoms. The molecule has 0 radical (unpaired) electrons. The number of unbranched alkanes of at least 4 members (excludes halogenated alkanes) is 5. The normalized spacial score (nSPS) is 11.1. The predicted octanol–water partition coefficient (Wildman–Crippen LogP) is 6.14. The fourth-order valence-electron chi connectivity index (χ4n) is 3.44. The van der Waals surface area contributed by atoms with Crippen molar-refractivity contribution in [2.45, 2.75) is 45.4 Å². The molecule has 2 aromatic carbocycles. The van der Waals surface area contributed by atoms with E-state index in [4.69, 9.17) is 19.2 Å². The van der Waals surface area contributed by atoms with Crippen molar-refractivity contribution in [2.24, 2.45) is 0 Å². The number of hydrogen-bond acceptors (Lipinski definition) is 4. The SMILES string of the molecule is CCCCCCCCOc1c2ccccc2nc2c(OC)ccc(OC)c12. The highest BCUT2D eigenvalue weighted by molar-refractivity contribution is 6.05. The molecule has 1 heterocycles. The van der Waals surface area contributed by atoms with Gasteiger partial charge >= 0.3 is 0 Å². The summed E-state index contributed by atoms with van der Waals surface area (Å²) in [4.78, 5) is 4.81. The Kier molecular flexibility index (Phi) is 6.74. The van der Waals surface area contributed by atoms with Crippen LogP contribution in [0.15, 0.2) is 36.4 Å². The molecule has 0 unspecified atom stereocenters. The van der Waals surface area contributed by atoms with Gasteiger partial charge in [-0.1, -0.05) is 51.2 Å². The molecular formula is C23H29NO3. The Hall–Kier alpha value is -2.49. The van der Waals surface area contributed by atoms with E-state index in [2.05, 4.69) is 13.0 Å². The van der Waals surface area contributed by atoms with Crippen LogP contribution in [0.3, 0.4) is 0 Å². The molecular weight excluding hydrogens is 338 g/mol. The lowest BCUT2D eigenvalue weighted by atomic mass is 10.1. The number of para-hydroxylation sites is 1. The smallest absolute Gasteiger partial charge is 0.145 e. The van der Waals surface area contributed by atoms with Gasteiger partial charge in [0.15, 0.2) is 0 Å². The summed E-state index contributed by atoms with van der Waals surface area (Å²) < 4.78 is 17.5. The number of hydrogen-bond donors (Lipinski definition) is 0. The molecule has 0 amide bonds. The van der Waals surface area contributed by atoms with E-state index in [-0.39, 0.29) is 0 Å². The first kappa shape index (κ1) is 19.3. The second-order valence-electron chi connectivity index (χ2n) is 6.77. The number of benzene rings is 2. The molecule has 0 bridgehead atoms. The Morgan fingerprint density at radius 3 is 2.30 bits per heavy atom. The maximum atomic E-state index is 6.31. The van der Waals surface area contributed by atoms with E-state index < -0.39 is 0 Å². The lowest BCUT2D eigenvalue weighted by molar-refractivity contribution is 0.309. The van der Waals surface area contributed by atoms with Crippen LogP contribution in [0.25, 0.3) is 21.8 Å². The van der Waals surface area contributed by atoms with E-state index in [0.29, 0.717) is 6.61 Å². The van der Waals surface area contributed by atoms with Crippen LogP contribution < -0.4 is 14.2 Å². The van der Waals surface area contributed by atoms with Crippen LogP contribution in [0, 0.1) is 0 Å². The summed E-state index contributed by atoms with van der Waals surface area (Å²) in [5.74, 6) is 2.31. The van der Waals surface area contributed by atoms with E-state index >= 15 is 0 Å². The molecule has 144 valence electrons. The molecule has 0 saturated heterocycles. The molecule has 0 aliphatic heterocycles. The summed E-state index contributed by atoms with van der Waals surface area (Å²) in [6.07, 6.45) is 7.41. The zero-order valence-electron chi connectivity index (χ0n) is 16.6. The average Bonchev–Trinajstić information content (AvgIpc) is 2.71. The Morgan fingerprint density at radius 1 is 0.815 bits per heavy atom. The van der Waals surface area contributed by atoms with E-state index in [1.165, 1.54) is 32.1 Å². The monoisotopic (exact) mass is 367 g/mol. The first-order valence-electron chi connectivity index (χ1n) is 9.86. The molecule has 0 aliphatic rings. The number of rotatable bonds is 10. The maximum absolute atomic E-state index is 6.31. The van der Waals surface area contributed by atoms with Gasteiger partial charge in [-0.05, 0) is 30.7 Å². The third-order valence-corrected chi connectivity index (χ3v) is 4.89. The van der Waals surface area contributed by atoms with Crippen molar-refractivity contribution in [3.63, 3.8) is 0 Å². The van der Waals surface area contributed by atoms with Crippen molar-refractivity contribution < 1.29 is 14.2 Å². The molecule has 0 atom stereocenters. The molecule has 0 fully saturated rings. The molecule has 3 rings (SSSR count). The van der Waals surface area contributed by atoms with Gasteiger partial charge in [-0.15, -0.1) is 0 Å². The van der Waals surface area contributed by atoms with Crippen molar-refractivity contribution in [3.8, 4) is 17.2 Å². The number of methoxy groups -OCH3 is 2.